The van der Waals surface area contributed by atoms with Crippen LogP contribution in [0, 0.1) is 23.7 Å². The summed E-state index contributed by atoms with van der Waals surface area (Å²) in [4.78, 5) is 0. The molecule has 0 bridgehead atoms. The van der Waals surface area contributed by atoms with E-state index in [1.807, 2.05) is 6.07 Å². The van der Waals surface area contributed by atoms with Crippen molar-refractivity contribution in [3.63, 3.8) is 0 Å². The number of nitrogens with zero attached hydrogens (tertiary/aromatic N) is 1. The van der Waals surface area contributed by atoms with Gasteiger partial charge in [0.1, 0.15) is 6.07 Å². The van der Waals surface area contributed by atoms with Gasteiger partial charge in [-0.25, -0.2) is 0 Å². The summed E-state index contributed by atoms with van der Waals surface area (Å²) in [7, 11) is 0. The maximum absolute atomic E-state index is 9.01. The van der Waals surface area contributed by atoms with Gasteiger partial charge in [0.2, 0.25) is 0 Å². The van der Waals surface area contributed by atoms with Crippen molar-refractivity contribution >= 4 is 0 Å². The Kier molecular flexibility index (Phi) is 3.25. The van der Waals surface area contributed by atoms with E-state index >= 15 is 0 Å². The first kappa shape index (κ1) is 10.7. The van der Waals surface area contributed by atoms with Crippen LogP contribution in [-0.2, 0) is 0 Å². The zero-order chi connectivity index (χ0) is 11.4. The van der Waals surface area contributed by atoms with E-state index in [1.54, 1.807) is 6.07 Å². The van der Waals surface area contributed by atoms with Crippen molar-refractivity contribution in [1.29, 1.82) is 5.26 Å². The van der Waals surface area contributed by atoms with Crippen molar-refractivity contribution in [2.75, 3.05) is 13.1 Å². The van der Waals surface area contributed by atoms with E-state index in [2.05, 4.69) is 23.4 Å². The van der Waals surface area contributed by atoms with Gasteiger partial charge in [-0.1, -0.05) is 18.1 Å². The Hall–Kier alpha value is -1.77. The second-order valence-corrected chi connectivity index (χ2v) is 4.05. The molecule has 0 aromatic heterocycles. The van der Waals surface area contributed by atoms with E-state index in [0.717, 1.165) is 31.5 Å². The molecule has 0 aliphatic carbocycles. The quantitative estimate of drug-likeness (QED) is 0.720. The molecule has 1 aromatic carbocycles. The molecule has 1 aliphatic rings. The van der Waals surface area contributed by atoms with Crippen molar-refractivity contribution < 1.29 is 0 Å². The van der Waals surface area contributed by atoms with Crippen molar-refractivity contribution in [2.45, 2.75) is 18.8 Å². The summed E-state index contributed by atoms with van der Waals surface area (Å²) < 4.78 is 0. The molecule has 2 nitrogen and oxygen atoms in total. The van der Waals surface area contributed by atoms with Crippen molar-refractivity contribution in [3.8, 4) is 18.4 Å². The SMILES string of the molecule is C#Cc1c(C#N)cccc1C1CCNCC1. The minimum atomic E-state index is 0.501. The minimum absolute atomic E-state index is 0.501. The predicted octanol–water partition coefficient (Wildman–Crippen LogP) is 2.01. The molecule has 1 aromatic rings. The summed E-state index contributed by atoms with van der Waals surface area (Å²) in [6, 6.07) is 7.95. The Morgan fingerprint density at radius 2 is 2.06 bits per heavy atom. The summed E-state index contributed by atoms with van der Waals surface area (Å²) in [5, 5.41) is 12.3. The number of hydrogen-bond acceptors (Lipinski definition) is 2. The van der Waals surface area contributed by atoms with E-state index in [4.69, 9.17) is 11.7 Å². The summed E-state index contributed by atoms with van der Waals surface area (Å²) in [5.41, 5.74) is 2.58. The molecule has 80 valence electrons. The number of hydrogen-bond donors (Lipinski definition) is 1. The number of rotatable bonds is 1. The molecule has 2 heteroatoms. The maximum atomic E-state index is 9.01. The zero-order valence-corrected chi connectivity index (χ0v) is 9.16. The summed E-state index contributed by atoms with van der Waals surface area (Å²) >= 11 is 0. The van der Waals surface area contributed by atoms with Gasteiger partial charge in [0, 0.05) is 5.56 Å². The van der Waals surface area contributed by atoms with Crippen molar-refractivity contribution in [1.82, 2.24) is 5.32 Å². The fourth-order valence-electron chi connectivity index (χ4n) is 2.30. The van der Waals surface area contributed by atoms with Crippen LogP contribution in [-0.4, -0.2) is 13.1 Å². The highest BCUT2D eigenvalue weighted by molar-refractivity contribution is 5.53. The van der Waals surface area contributed by atoms with Crippen LogP contribution in [0.2, 0.25) is 0 Å². The van der Waals surface area contributed by atoms with Crippen LogP contribution < -0.4 is 5.32 Å². The van der Waals surface area contributed by atoms with Crippen LogP contribution in [0.5, 0.6) is 0 Å². The van der Waals surface area contributed by atoms with Gasteiger partial charge in [-0.05, 0) is 43.5 Å². The first-order valence-corrected chi connectivity index (χ1v) is 5.57. The van der Waals surface area contributed by atoms with Gasteiger partial charge in [0.15, 0.2) is 0 Å². The third-order valence-corrected chi connectivity index (χ3v) is 3.14. The van der Waals surface area contributed by atoms with Gasteiger partial charge in [-0.15, -0.1) is 6.42 Å². The Morgan fingerprint density at radius 3 is 2.69 bits per heavy atom. The lowest BCUT2D eigenvalue weighted by Crippen LogP contribution is -2.27. The second kappa shape index (κ2) is 4.84. The monoisotopic (exact) mass is 210 g/mol. The van der Waals surface area contributed by atoms with Crippen LogP contribution in [0.25, 0.3) is 0 Å². The smallest absolute Gasteiger partial charge is 0.100 e. The highest BCUT2D eigenvalue weighted by atomic mass is 14.9. The van der Waals surface area contributed by atoms with Crippen LogP contribution in [0.3, 0.4) is 0 Å². The maximum Gasteiger partial charge on any atom is 0.100 e. The Morgan fingerprint density at radius 1 is 1.31 bits per heavy atom. The molecule has 1 heterocycles. The average molecular weight is 210 g/mol. The molecular weight excluding hydrogens is 196 g/mol. The fraction of sp³-hybridized carbons (Fsp3) is 0.357. The van der Waals surface area contributed by atoms with E-state index in [1.165, 1.54) is 5.56 Å². The van der Waals surface area contributed by atoms with Crippen molar-refractivity contribution in [3.05, 3.63) is 34.9 Å². The Labute approximate surface area is 96.3 Å². The lowest BCUT2D eigenvalue weighted by molar-refractivity contribution is 0.460. The van der Waals surface area contributed by atoms with Gasteiger partial charge >= 0.3 is 0 Å². The Bertz CT molecular complexity index is 457. The van der Waals surface area contributed by atoms with Gasteiger partial charge in [0.05, 0.1) is 5.56 Å². The summed E-state index contributed by atoms with van der Waals surface area (Å²) in [6.07, 6.45) is 7.72. The van der Waals surface area contributed by atoms with Gasteiger partial charge in [-0.2, -0.15) is 5.26 Å². The first-order chi connectivity index (χ1) is 7.86. The van der Waals surface area contributed by atoms with Crippen LogP contribution >= 0.6 is 0 Å². The topological polar surface area (TPSA) is 35.8 Å². The molecule has 0 saturated carbocycles. The van der Waals surface area contributed by atoms with E-state index in [-0.39, 0.29) is 0 Å². The molecule has 1 N–H and O–H groups in total. The highest BCUT2D eigenvalue weighted by Crippen LogP contribution is 2.29. The van der Waals surface area contributed by atoms with E-state index < -0.39 is 0 Å². The third kappa shape index (κ3) is 1.94. The largest absolute Gasteiger partial charge is 0.317 e. The second-order valence-electron chi connectivity index (χ2n) is 4.05. The molecule has 16 heavy (non-hydrogen) atoms. The number of terminal acetylenes is 1. The van der Waals surface area contributed by atoms with Gasteiger partial charge in [0.25, 0.3) is 0 Å². The number of piperidine rings is 1. The zero-order valence-electron chi connectivity index (χ0n) is 9.16. The predicted molar refractivity (Wildman–Crippen MR) is 63.9 cm³/mol. The molecule has 1 saturated heterocycles. The molecule has 0 radical (unpaired) electrons. The third-order valence-electron chi connectivity index (χ3n) is 3.14. The fourth-order valence-corrected chi connectivity index (χ4v) is 2.30. The summed E-state index contributed by atoms with van der Waals surface area (Å²) in [6.45, 7) is 2.07. The van der Waals surface area contributed by atoms with Crippen LogP contribution in [0.1, 0.15) is 35.4 Å². The average Bonchev–Trinajstić information content (AvgIpc) is 2.38. The first-order valence-electron chi connectivity index (χ1n) is 5.57. The molecule has 2 rings (SSSR count). The molecule has 0 unspecified atom stereocenters. The van der Waals surface area contributed by atoms with Crippen LogP contribution in [0.4, 0.5) is 0 Å². The molecule has 0 amide bonds. The molecule has 0 atom stereocenters. The van der Waals surface area contributed by atoms with E-state index in [0.29, 0.717) is 11.5 Å². The van der Waals surface area contributed by atoms with Gasteiger partial charge < -0.3 is 5.32 Å². The summed E-state index contributed by atoms with van der Waals surface area (Å²) in [5.74, 6) is 3.17. The van der Waals surface area contributed by atoms with E-state index in [9.17, 15) is 0 Å². The highest BCUT2D eigenvalue weighted by Gasteiger charge is 2.18. The standard InChI is InChI=1S/C14H14N2/c1-2-13-12(10-15)4-3-5-14(13)11-6-8-16-9-7-11/h1,3-5,11,16H,6-9H2. The minimum Gasteiger partial charge on any atom is -0.317 e. The number of nitriles is 1. The molecular formula is C14H14N2. The molecule has 1 aliphatic heterocycles. The number of benzene rings is 1. The molecule has 1 fully saturated rings. The van der Waals surface area contributed by atoms with Crippen molar-refractivity contribution in [2.24, 2.45) is 0 Å². The Balaban J connectivity index is 2.40. The number of nitrogens with one attached hydrogen (secondary N) is 1. The normalized spacial score (nSPS) is 16.4. The lowest BCUT2D eigenvalue weighted by Gasteiger charge is -2.24. The lowest BCUT2D eigenvalue weighted by atomic mass is 9.86. The van der Waals surface area contributed by atoms with Crippen LogP contribution in [0.15, 0.2) is 18.2 Å². The molecule has 0 spiro atoms. The van der Waals surface area contributed by atoms with Gasteiger partial charge in [-0.3, -0.25) is 0 Å².